The summed E-state index contributed by atoms with van der Waals surface area (Å²) in [6.07, 6.45) is 4.02. The second kappa shape index (κ2) is 12.0. The Kier molecular flexibility index (Phi) is 9.68. The zero-order chi connectivity index (χ0) is 18.0. The van der Waals surface area contributed by atoms with Crippen LogP contribution in [0.2, 0.25) is 0 Å². The van der Waals surface area contributed by atoms with Crippen LogP contribution >= 0.6 is 35.3 Å². The minimum atomic E-state index is 0. The molecule has 1 saturated heterocycles. The molecule has 0 amide bonds. The molecule has 0 unspecified atom stereocenters. The molecule has 148 valence electrons. The van der Waals surface area contributed by atoms with Gasteiger partial charge in [0.05, 0.1) is 5.00 Å². The smallest absolute Gasteiger partial charge is 0.193 e. The van der Waals surface area contributed by atoms with Crippen LogP contribution in [-0.2, 0) is 0 Å². The fourth-order valence-electron chi connectivity index (χ4n) is 3.05. The van der Waals surface area contributed by atoms with Gasteiger partial charge in [0.15, 0.2) is 5.96 Å². The van der Waals surface area contributed by atoms with Crippen molar-refractivity contribution in [2.45, 2.75) is 12.8 Å². The lowest BCUT2D eigenvalue weighted by Crippen LogP contribution is -2.52. The number of guanidine groups is 1. The fourth-order valence-corrected chi connectivity index (χ4v) is 3.84. The van der Waals surface area contributed by atoms with Gasteiger partial charge in [-0.05, 0) is 42.5 Å². The van der Waals surface area contributed by atoms with E-state index >= 15 is 0 Å². The van der Waals surface area contributed by atoms with Gasteiger partial charge < -0.3 is 20.4 Å². The Morgan fingerprint density at radius 3 is 2.59 bits per heavy atom. The number of anilines is 2. The minimum Gasteiger partial charge on any atom is -0.370 e. The first-order valence-corrected chi connectivity index (χ1v) is 10.1. The quantitative estimate of drug-likeness (QED) is 0.264. The Morgan fingerprint density at radius 1 is 1.11 bits per heavy atom. The molecule has 0 spiro atoms. The number of piperazine rings is 1. The number of nitrogens with one attached hydrogen (secondary N) is 2. The molecule has 1 fully saturated rings. The van der Waals surface area contributed by atoms with Crippen molar-refractivity contribution in [1.82, 2.24) is 15.2 Å². The van der Waals surface area contributed by atoms with Crippen LogP contribution in [-0.4, -0.2) is 62.2 Å². The lowest BCUT2D eigenvalue weighted by molar-refractivity contribution is 0.373. The molecule has 0 atom stereocenters. The summed E-state index contributed by atoms with van der Waals surface area (Å²) >= 11 is 1.82. The average Bonchev–Trinajstić information content (AvgIpc) is 3.23. The lowest BCUT2D eigenvalue weighted by Gasteiger charge is -2.37. The van der Waals surface area contributed by atoms with Gasteiger partial charge in [0.2, 0.25) is 0 Å². The number of halogens is 1. The van der Waals surface area contributed by atoms with Gasteiger partial charge in [-0.25, -0.2) is 4.98 Å². The van der Waals surface area contributed by atoms with Crippen molar-refractivity contribution in [2.24, 2.45) is 4.99 Å². The van der Waals surface area contributed by atoms with Crippen molar-refractivity contribution in [3.8, 4) is 0 Å². The van der Waals surface area contributed by atoms with E-state index in [2.05, 4.69) is 47.9 Å². The highest BCUT2D eigenvalue weighted by atomic mass is 127. The van der Waals surface area contributed by atoms with Gasteiger partial charge in [-0.2, -0.15) is 0 Å². The summed E-state index contributed by atoms with van der Waals surface area (Å²) in [5.41, 5.74) is 0. The van der Waals surface area contributed by atoms with Crippen molar-refractivity contribution in [1.29, 1.82) is 0 Å². The van der Waals surface area contributed by atoms with Crippen LogP contribution in [0.3, 0.4) is 0 Å². The van der Waals surface area contributed by atoms with Gasteiger partial charge in [-0.3, -0.25) is 4.99 Å². The SMILES string of the molecule is CN=C(NCCCCNc1ccccn1)N1CCN(c2cccs2)CC1.I. The van der Waals surface area contributed by atoms with Gasteiger partial charge >= 0.3 is 0 Å². The van der Waals surface area contributed by atoms with Crippen LogP contribution in [0.1, 0.15) is 12.8 Å². The standard InChI is InChI=1S/C19H28N6S.HI/c1-20-19(23-11-5-4-10-22-17-7-2-3-9-21-17)25-14-12-24(13-15-25)18-8-6-16-26-18;/h2-3,6-9,16H,4-5,10-15H2,1H3,(H,20,23)(H,21,22);1H. The van der Waals surface area contributed by atoms with Crippen molar-refractivity contribution in [3.63, 3.8) is 0 Å². The molecule has 0 saturated carbocycles. The van der Waals surface area contributed by atoms with Crippen molar-refractivity contribution in [3.05, 3.63) is 41.9 Å². The predicted molar refractivity (Wildman–Crippen MR) is 127 cm³/mol. The first-order valence-electron chi connectivity index (χ1n) is 9.26. The largest absolute Gasteiger partial charge is 0.370 e. The Labute approximate surface area is 183 Å². The van der Waals surface area contributed by atoms with E-state index in [0.717, 1.165) is 63.9 Å². The molecule has 1 aliphatic heterocycles. The van der Waals surface area contributed by atoms with Gasteiger partial charge in [0.25, 0.3) is 0 Å². The summed E-state index contributed by atoms with van der Waals surface area (Å²) in [6.45, 7) is 6.01. The van der Waals surface area contributed by atoms with Gasteiger partial charge in [0, 0.05) is 52.5 Å². The maximum atomic E-state index is 4.45. The zero-order valence-corrected chi connectivity index (χ0v) is 19.0. The molecule has 0 radical (unpaired) electrons. The van der Waals surface area contributed by atoms with Crippen LogP contribution < -0.4 is 15.5 Å². The second-order valence-corrected chi connectivity index (χ2v) is 7.17. The maximum absolute atomic E-state index is 4.45. The monoisotopic (exact) mass is 500 g/mol. The van der Waals surface area contributed by atoms with Crippen LogP contribution in [0.5, 0.6) is 0 Å². The summed E-state index contributed by atoms with van der Waals surface area (Å²) in [6, 6.07) is 10.2. The topological polar surface area (TPSA) is 55.8 Å². The minimum absolute atomic E-state index is 0. The number of unbranched alkanes of at least 4 members (excludes halogenated alkanes) is 1. The Balaban J connectivity index is 0.00000261. The highest BCUT2D eigenvalue weighted by Gasteiger charge is 2.19. The highest BCUT2D eigenvalue weighted by Crippen LogP contribution is 2.22. The summed E-state index contributed by atoms with van der Waals surface area (Å²) in [4.78, 5) is 13.5. The van der Waals surface area contributed by atoms with E-state index in [1.165, 1.54) is 5.00 Å². The zero-order valence-electron chi connectivity index (χ0n) is 15.8. The highest BCUT2D eigenvalue weighted by molar-refractivity contribution is 14.0. The lowest BCUT2D eigenvalue weighted by atomic mass is 10.3. The molecule has 2 N–H and O–H groups in total. The summed E-state index contributed by atoms with van der Waals surface area (Å²) in [5, 5.41) is 10.4. The number of thiophene rings is 1. The Morgan fingerprint density at radius 2 is 1.93 bits per heavy atom. The van der Waals surface area contributed by atoms with Crippen LogP contribution in [0.15, 0.2) is 46.9 Å². The molecule has 3 heterocycles. The number of aromatic nitrogens is 1. The Hall–Kier alpha value is -1.55. The summed E-state index contributed by atoms with van der Waals surface area (Å²) < 4.78 is 0. The maximum Gasteiger partial charge on any atom is 0.193 e. The molecule has 0 bridgehead atoms. The number of hydrogen-bond acceptors (Lipinski definition) is 5. The first-order chi connectivity index (χ1) is 12.9. The van der Waals surface area contributed by atoms with Crippen LogP contribution in [0.25, 0.3) is 0 Å². The summed E-state index contributed by atoms with van der Waals surface area (Å²) in [7, 11) is 1.87. The fraction of sp³-hybridized carbons (Fsp3) is 0.474. The molecular formula is C19H29IN6S. The predicted octanol–water partition coefficient (Wildman–Crippen LogP) is 3.35. The van der Waals surface area contributed by atoms with Crippen molar-refractivity contribution in [2.75, 3.05) is 56.5 Å². The van der Waals surface area contributed by atoms with Crippen LogP contribution in [0, 0.1) is 0 Å². The molecule has 0 aromatic carbocycles. The van der Waals surface area contributed by atoms with E-state index in [1.807, 2.05) is 42.8 Å². The van der Waals surface area contributed by atoms with E-state index < -0.39 is 0 Å². The van der Waals surface area contributed by atoms with Crippen LogP contribution in [0.4, 0.5) is 10.8 Å². The molecule has 27 heavy (non-hydrogen) atoms. The van der Waals surface area contributed by atoms with Crippen molar-refractivity contribution < 1.29 is 0 Å². The summed E-state index contributed by atoms with van der Waals surface area (Å²) in [5.74, 6) is 1.97. The molecule has 6 nitrogen and oxygen atoms in total. The Bertz CT molecular complexity index is 656. The van der Waals surface area contributed by atoms with E-state index in [4.69, 9.17) is 0 Å². The number of aliphatic imine (C=N–C) groups is 1. The normalized spacial score (nSPS) is 14.6. The molecule has 2 aromatic rings. The third kappa shape index (κ3) is 6.84. The van der Waals surface area contributed by atoms with Gasteiger partial charge in [0.1, 0.15) is 5.82 Å². The molecule has 0 aliphatic carbocycles. The third-order valence-corrected chi connectivity index (χ3v) is 5.40. The van der Waals surface area contributed by atoms with Gasteiger partial charge in [-0.1, -0.05) is 6.07 Å². The van der Waals surface area contributed by atoms with E-state index in [0.29, 0.717) is 0 Å². The molecule has 8 heteroatoms. The number of hydrogen-bond donors (Lipinski definition) is 2. The molecular weight excluding hydrogens is 471 g/mol. The third-order valence-electron chi connectivity index (χ3n) is 4.47. The molecule has 3 rings (SSSR count). The number of rotatable bonds is 7. The number of nitrogens with zero attached hydrogens (tertiary/aromatic N) is 4. The van der Waals surface area contributed by atoms with E-state index in [9.17, 15) is 0 Å². The molecule has 2 aromatic heterocycles. The first kappa shape index (κ1) is 21.7. The average molecular weight is 500 g/mol. The van der Waals surface area contributed by atoms with E-state index in [-0.39, 0.29) is 24.0 Å². The second-order valence-electron chi connectivity index (χ2n) is 6.25. The molecule has 1 aliphatic rings. The number of pyridine rings is 1. The van der Waals surface area contributed by atoms with Gasteiger partial charge in [-0.15, -0.1) is 35.3 Å². The van der Waals surface area contributed by atoms with E-state index in [1.54, 1.807) is 0 Å². The van der Waals surface area contributed by atoms with Crippen molar-refractivity contribution >= 4 is 52.1 Å².